The number of nitrogens with zero attached hydrogens (tertiary/aromatic N) is 4. The van der Waals surface area contributed by atoms with Crippen LogP contribution in [0.2, 0.25) is 0 Å². The fourth-order valence-corrected chi connectivity index (χ4v) is 3.76. The minimum atomic E-state index is -0.677. The lowest BCUT2D eigenvalue weighted by atomic mass is 10.1. The maximum Gasteiger partial charge on any atom is 0.252 e. The van der Waals surface area contributed by atoms with E-state index in [1.54, 1.807) is 18.3 Å². The highest BCUT2D eigenvalue weighted by molar-refractivity contribution is 5.95. The zero-order valence-corrected chi connectivity index (χ0v) is 18.1. The molecule has 8 heteroatoms. The van der Waals surface area contributed by atoms with Crippen LogP contribution in [0.4, 0.5) is 17.3 Å². The van der Waals surface area contributed by atoms with Gasteiger partial charge in [-0.15, -0.1) is 0 Å². The van der Waals surface area contributed by atoms with Gasteiger partial charge in [-0.2, -0.15) is 5.26 Å². The molecule has 0 bridgehead atoms. The number of anilines is 3. The van der Waals surface area contributed by atoms with Gasteiger partial charge in [0.05, 0.1) is 25.0 Å². The molecule has 1 saturated heterocycles. The average molecular weight is 441 g/mol. The Kier molecular flexibility index (Phi) is 5.63. The normalized spacial score (nSPS) is 16.5. The molecule has 0 atom stereocenters. The Morgan fingerprint density at radius 3 is 2.42 bits per heavy atom. The van der Waals surface area contributed by atoms with Gasteiger partial charge in [0.2, 0.25) is 5.95 Å². The second kappa shape index (κ2) is 8.88. The van der Waals surface area contributed by atoms with E-state index in [1.807, 2.05) is 30.3 Å². The predicted molar refractivity (Wildman–Crippen MR) is 125 cm³/mol. The lowest BCUT2D eigenvalue weighted by Gasteiger charge is -2.28. The fourth-order valence-electron chi connectivity index (χ4n) is 3.76. The van der Waals surface area contributed by atoms with Gasteiger partial charge in [-0.25, -0.2) is 9.97 Å². The van der Waals surface area contributed by atoms with E-state index in [-0.39, 0.29) is 5.91 Å². The van der Waals surface area contributed by atoms with Crippen LogP contribution in [0.5, 0.6) is 0 Å². The third kappa shape index (κ3) is 4.78. The van der Waals surface area contributed by atoms with Gasteiger partial charge in [-0.1, -0.05) is 12.1 Å². The minimum Gasteiger partial charge on any atom is -0.378 e. The summed E-state index contributed by atoms with van der Waals surface area (Å²) < 4.78 is 5.41. The molecule has 2 heterocycles. The number of hydrogen-bond donors (Lipinski definition) is 2. The number of carbonyl (C=O) groups excluding carboxylic acids is 1. The summed E-state index contributed by atoms with van der Waals surface area (Å²) in [4.78, 5) is 23.6. The first-order valence-electron chi connectivity index (χ1n) is 11.0. The summed E-state index contributed by atoms with van der Waals surface area (Å²) in [5, 5.41) is 15.2. The molecule has 8 nitrogen and oxygen atoms in total. The largest absolute Gasteiger partial charge is 0.378 e. The molecule has 1 aliphatic carbocycles. The summed E-state index contributed by atoms with van der Waals surface area (Å²) in [5.74, 6) is 0.268. The number of aromatic nitrogens is 2. The molecule has 0 unspecified atom stereocenters. The van der Waals surface area contributed by atoms with Gasteiger partial charge in [0.25, 0.3) is 5.91 Å². The van der Waals surface area contributed by atoms with Crippen molar-refractivity contribution in [1.29, 1.82) is 5.26 Å². The number of benzene rings is 2. The van der Waals surface area contributed by atoms with Crippen LogP contribution in [0.15, 0.2) is 60.8 Å². The highest BCUT2D eigenvalue weighted by atomic mass is 16.5. The standard InChI is InChI=1S/C25H24N6O2/c26-17-25(10-11-25)30-23(32)19-3-1-18(2-4-19)22-9-12-27-24(29-22)28-20-5-7-21(8-6-20)31-13-15-33-16-14-31/h1-9,12H,10-11,13-16H2,(H,30,32)(H,27,28,29). The van der Waals surface area contributed by atoms with Gasteiger partial charge in [0.15, 0.2) is 0 Å². The molecule has 2 N–H and O–H groups in total. The zero-order chi connectivity index (χ0) is 22.7. The van der Waals surface area contributed by atoms with Gasteiger partial charge in [0, 0.05) is 41.8 Å². The van der Waals surface area contributed by atoms with Crippen molar-refractivity contribution in [3.63, 3.8) is 0 Å². The quantitative estimate of drug-likeness (QED) is 0.605. The van der Waals surface area contributed by atoms with Crippen molar-refractivity contribution in [3.05, 3.63) is 66.4 Å². The summed E-state index contributed by atoms with van der Waals surface area (Å²) >= 11 is 0. The van der Waals surface area contributed by atoms with Crippen LogP contribution < -0.4 is 15.5 Å². The van der Waals surface area contributed by atoms with Crippen LogP contribution in [0.25, 0.3) is 11.3 Å². The van der Waals surface area contributed by atoms with Crippen molar-refractivity contribution in [2.75, 3.05) is 36.5 Å². The van der Waals surface area contributed by atoms with Crippen LogP contribution >= 0.6 is 0 Å². The SMILES string of the molecule is N#CC1(NC(=O)c2ccc(-c3ccnc(Nc4ccc(N5CCOCC5)cc4)n3)cc2)CC1. The maximum absolute atomic E-state index is 12.4. The average Bonchev–Trinajstić information content (AvgIpc) is 3.65. The van der Waals surface area contributed by atoms with Crippen molar-refractivity contribution < 1.29 is 9.53 Å². The van der Waals surface area contributed by atoms with Crippen LogP contribution in [-0.2, 0) is 4.74 Å². The van der Waals surface area contributed by atoms with Crippen molar-refractivity contribution in [2.24, 2.45) is 0 Å². The Labute approximate surface area is 192 Å². The molecule has 2 aromatic carbocycles. The Morgan fingerprint density at radius 1 is 1.03 bits per heavy atom. The molecule has 166 valence electrons. The van der Waals surface area contributed by atoms with E-state index in [9.17, 15) is 4.79 Å². The lowest BCUT2D eigenvalue weighted by Crippen LogP contribution is -2.36. The van der Waals surface area contributed by atoms with E-state index in [0.717, 1.165) is 43.2 Å². The topological polar surface area (TPSA) is 103 Å². The third-order valence-electron chi connectivity index (χ3n) is 5.91. The number of ether oxygens (including phenoxy) is 1. The van der Waals surface area contributed by atoms with Gasteiger partial charge in [0.1, 0.15) is 5.54 Å². The van der Waals surface area contributed by atoms with Crippen molar-refractivity contribution in [2.45, 2.75) is 18.4 Å². The van der Waals surface area contributed by atoms with Crippen molar-refractivity contribution in [3.8, 4) is 17.3 Å². The highest BCUT2D eigenvalue weighted by Gasteiger charge is 2.44. The number of nitriles is 1. The van der Waals surface area contributed by atoms with E-state index < -0.39 is 5.54 Å². The molecule has 1 saturated carbocycles. The molecule has 0 spiro atoms. The molecule has 2 fully saturated rings. The van der Waals surface area contributed by atoms with Gasteiger partial charge >= 0.3 is 0 Å². The van der Waals surface area contributed by atoms with E-state index in [1.165, 1.54) is 5.69 Å². The number of amides is 1. The van der Waals surface area contributed by atoms with Crippen molar-refractivity contribution >= 4 is 23.2 Å². The van der Waals surface area contributed by atoms with Gasteiger partial charge < -0.3 is 20.3 Å². The maximum atomic E-state index is 12.4. The molecule has 33 heavy (non-hydrogen) atoms. The Balaban J connectivity index is 1.25. The van der Waals surface area contributed by atoms with Crippen molar-refractivity contribution in [1.82, 2.24) is 15.3 Å². The number of morpholine rings is 1. The van der Waals surface area contributed by atoms with E-state index in [0.29, 0.717) is 24.4 Å². The molecule has 1 aliphatic heterocycles. The Morgan fingerprint density at radius 2 is 1.76 bits per heavy atom. The summed E-state index contributed by atoms with van der Waals surface area (Å²) in [7, 11) is 0. The molecule has 5 rings (SSSR count). The first kappa shape index (κ1) is 20.9. The first-order chi connectivity index (χ1) is 16.1. The fraction of sp³-hybridized carbons (Fsp3) is 0.280. The number of hydrogen-bond acceptors (Lipinski definition) is 7. The predicted octanol–water partition coefficient (Wildman–Crippen LogP) is 3.51. The van der Waals surface area contributed by atoms with Crippen LogP contribution in [0.3, 0.4) is 0 Å². The third-order valence-corrected chi connectivity index (χ3v) is 5.91. The second-order valence-electron chi connectivity index (χ2n) is 8.26. The summed E-state index contributed by atoms with van der Waals surface area (Å²) in [6.07, 6.45) is 3.12. The van der Waals surface area contributed by atoms with Gasteiger partial charge in [-0.05, 0) is 55.3 Å². The molecule has 1 aromatic heterocycles. The van der Waals surface area contributed by atoms with Crippen LogP contribution in [-0.4, -0.2) is 47.7 Å². The summed E-state index contributed by atoms with van der Waals surface area (Å²) in [5.41, 5.74) is 3.55. The lowest BCUT2D eigenvalue weighted by molar-refractivity contribution is 0.0941. The number of rotatable bonds is 6. The summed E-state index contributed by atoms with van der Waals surface area (Å²) in [6.45, 7) is 3.31. The molecule has 0 radical (unpaired) electrons. The molecule has 2 aliphatic rings. The molecular formula is C25H24N6O2. The number of carbonyl (C=O) groups is 1. The minimum absolute atomic E-state index is 0.230. The zero-order valence-electron chi connectivity index (χ0n) is 18.1. The van der Waals surface area contributed by atoms with Crippen LogP contribution in [0, 0.1) is 11.3 Å². The van der Waals surface area contributed by atoms with E-state index in [4.69, 9.17) is 10.00 Å². The van der Waals surface area contributed by atoms with Gasteiger partial charge in [-0.3, -0.25) is 4.79 Å². The van der Waals surface area contributed by atoms with Crippen LogP contribution in [0.1, 0.15) is 23.2 Å². The highest BCUT2D eigenvalue weighted by Crippen LogP contribution is 2.34. The molecule has 1 amide bonds. The van der Waals surface area contributed by atoms with E-state index >= 15 is 0 Å². The summed E-state index contributed by atoms with van der Waals surface area (Å²) in [6, 6.07) is 19.4. The molecular weight excluding hydrogens is 416 g/mol. The number of nitrogens with one attached hydrogen (secondary N) is 2. The smallest absolute Gasteiger partial charge is 0.252 e. The Bertz CT molecular complexity index is 1180. The van der Waals surface area contributed by atoms with E-state index in [2.05, 4.69) is 43.7 Å². The second-order valence-corrected chi connectivity index (χ2v) is 8.26. The monoisotopic (exact) mass is 440 g/mol. The first-order valence-corrected chi connectivity index (χ1v) is 11.0. The molecule has 3 aromatic rings. The Hall–Kier alpha value is -3.96.